The normalized spacial score (nSPS) is 13.9. The Hall–Kier alpha value is -1.58. The van der Waals surface area contributed by atoms with Crippen LogP contribution in [0, 0.1) is 5.92 Å². The Bertz CT molecular complexity index is 549. The highest BCUT2D eigenvalue weighted by molar-refractivity contribution is 5.21. The van der Waals surface area contributed by atoms with E-state index in [1.165, 1.54) is 0 Å². The molecule has 2 N–H and O–H groups in total. The van der Waals surface area contributed by atoms with Crippen molar-refractivity contribution in [3.05, 3.63) is 31.4 Å². The van der Waals surface area contributed by atoms with Crippen LogP contribution in [0.3, 0.4) is 0 Å². The lowest BCUT2D eigenvalue weighted by molar-refractivity contribution is 0.866. The molecule has 0 aliphatic heterocycles. The van der Waals surface area contributed by atoms with Crippen molar-refractivity contribution in [3.63, 3.8) is 0 Å². The maximum Gasteiger partial charge on any atom is 0.271 e. The average molecular weight is 208 g/mol. The summed E-state index contributed by atoms with van der Waals surface area (Å²) in [6.07, 6.45) is 4.14. The smallest absolute Gasteiger partial charge is 0.271 e. The average Bonchev–Trinajstić information content (AvgIpc) is 2.13. The van der Waals surface area contributed by atoms with E-state index in [2.05, 4.69) is 9.97 Å². The highest BCUT2D eigenvalue weighted by Gasteiger charge is 1.95. The van der Waals surface area contributed by atoms with E-state index in [9.17, 15) is 9.59 Å². The molecule has 1 heterocycles. The van der Waals surface area contributed by atoms with Crippen molar-refractivity contribution in [1.82, 2.24) is 9.97 Å². The van der Waals surface area contributed by atoms with Crippen LogP contribution in [-0.2, 0) is 0 Å². The van der Waals surface area contributed by atoms with Gasteiger partial charge in [-0.3, -0.25) is 9.59 Å². The van der Waals surface area contributed by atoms with Gasteiger partial charge in [0, 0.05) is 0 Å². The predicted octanol–water partition coefficient (Wildman–Crippen LogP) is -0.310. The van der Waals surface area contributed by atoms with E-state index < -0.39 is 0 Å². The van der Waals surface area contributed by atoms with Crippen LogP contribution in [-0.4, -0.2) is 9.97 Å². The van der Waals surface area contributed by atoms with Crippen LogP contribution >= 0.6 is 0 Å². The van der Waals surface area contributed by atoms with E-state index in [4.69, 9.17) is 0 Å². The van der Waals surface area contributed by atoms with Gasteiger partial charge in [0.25, 0.3) is 11.1 Å². The van der Waals surface area contributed by atoms with Crippen LogP contribution in [0.4, 0.5) is 0 Å². The van der Waals surface area contributed by atoms with Crippen molar-refractivity contribution in [3.8, 4) is 0 Å². The standard InChI is InChI=1S/C11H16N2O2/c1-4-5-8-10(14)13-9(6-7(2)3)11(15)12-8/h5-7H,4H2,1-3H3,(H,12,15)(H,13,14)/b8-5-,9-6-. The molecule has 0 aliphatic rings. The van der Waals surface area contributed by atoms with Crippen LogP contribution in [0.2, 0.25) is 0 Å². The van der Waals surface area contributed by atoms with Crippen LogP contribution in [0.25, 0.3) is 12.2 Å². The van der Waals surface area contributed by atoms with Crippen molar-refractivity contribution in [2.24, 2.45) is 5.92 Å². The SMILES string of the molecule is CC/C=c1\[nH]c(=O)/c(=C/C(C)C)[nH]c1=O. The first kappa shape index (κ1) is 11.5. The van der Waals surface area contributed by atoms with Gasteiger partial charge in [-0.1, -0.05) is 32.9 Å². The van der Waals surface area contributed by atoms with E-state index >= 15 is 0 Å². The second kappa shape index (κ2) is 4.77. The van der Waals surface area contributed by atoms with Gasteiger partial charge in [0.15, 0.2) is 0 Å². The lowest BCUT2D eigenvalue weighted by Gasteiger charge is -1.93. The Kier molecular flexibility index (Phi) is 3.66. The third kappa shape index (κ3) is 2.94. The largest absolute Gasteiger partial charge is 0.316 e. The molecule has 0 aromatic carbocycles. The molecule has 1 aromatic rings. The molecule has 0 fully saturated rings. The van der Waals surface area contributed by atoms with Gasteiger partial charge in [0.2, 0.25) is 0 Å². The number of aromatic amines is 2. The molecule has 0 saturated carbocycles. The summed E-state index contributed by atoms with van der Waals surface area (Å²) in [6, 6.07) is 0. The van der Waals surface area contributed by atoms with Crippen molar-refractivity contribution >= 4 is 12.2 Å². The summed E-state index contributed by atoms with van der Waals surface area (Å²) < 4.78 is 0. The summed E-state index contributed by atoms with van der Waals surface area (Å²) in [7, 11) is 0. The summed E-state index contributed by atoms with van der Waals surface area (Å²) in [5.41, 5.74) is -0.494. The van der Waals surface area contributed by atoms with Crippen LogP contribution in [0.5, 0.6) is 0 Å². The molecule has 82 valence electrons. The fourth-order valence-electron chi connectivity index (χ4n) is 1.29. The minimum atomic E-state index is -0.247. The van der Waals surface area contributed by atoms with Gasteiger partial charge >= 0.3 is 0 Å². The van der Waals surface area contributed by atoms with E-state index in [1.807, 2.05) is 20.8 Å². The summed E-state index contributed by atoms with van der Waals surface area (Å²) in [5.74, 6) is 0.225. The number of hydrogen-bond acceptors (Lipinski definition) is 2. The third-order valence-electron chi connectivity index (χ3n) is 1.89. The van der Waals surface area contributed by atoms with Crippen molar-refractivity contribution in [2.45, 2.75) is 27.2 Å². The molecule has 15 heavy (non-hydrogen) atoms. The van der Waals surface area contributed by atoms with Crippen LogP contribution in [0.15, 0.2) is 9.59 Å². The Morgan fingerprint density at radius 3 is 2.20 bits per heavy atom. The number of rotatable bonds is 2. The molecule has 0 unspecified atom stereocenters. The lowest BCUT2D eigenvalue weighted by atomic mass is 10.2. The third-order valence-corrected chi connectivity index (χ3v) is 1.89. The van der Waals surface area contributed by atoms with Crippen LogP contribution < -0.4 is 21.8 Å². The Morgan fingerprint density at radius 2 is 1.67 bits per heavy atom. The first-order valence-electron chi connectivity index (χ1n) is 5.09. The zero-order valence-corrected chi connectivity index (χ0v) is 9.26. The topological polar surface area (TPSA) is 65.7 Å². The summed E-state index contributed by atoms with van der Waals surface area (Å²) >= 11 is 0. The zero-order chi connectivity index (χ0) is 11.4. The molecule has 0 spiro atoms. The lowest BCUT2D eigenvalue weighted by Crippen LogP contribution is -2.46. The quantitative estimate of drug-likeness (QED) is 0.700. The van der Waals surface area contributed by atoms with E-state index in [-0.39, 0.29) is 17.0 Å². The number of hydrogen-bond donors (Lipinski definition) is 2. The second-order valence-corrected chi connectivity index (χ2v) is 3.76. The van der Waals surface area contributed by atoms with Gasteiger partial charge in [-0.15, -0.1) is 0 Å². The molecule has 4 heteroatoms. The highest BCUT2D eigenvalue weighted by Crippen LogP contribution is 1.89. The molecule has 0 bridgehead atoms. The van der Waals surface area contributed by atoms with Crippen molar-refractivity contribution in [1.29, 1.82) is 0 Å². The van der Waals surface area contributed by atoms with Gasteiger partial charge in [0.05, 0.1) is 0 Å². The predicted molar refractivity (Wildman–Crippen MR) is 61.0 cm³/mol. The van der Waals surface area contributed by atoms with Gasteiger partial charge in [-0.25, -0.2) is 0 Å². The molecule has 0 aliphatic carbocycles. The van der Waals surface area contributed by atoms with Crippen LogP contribution in [0.1, 0.15) is 27.2 Å². The summed E-state index contributed by atoms with van der Waals surface area (Å²) in [5, 5.41) is 0.673. The van der Waals surface area contributed by atoms with Crippen molar-refractivity contribution in [2.75, 3.05) is 0 Å². The highest BCUT2D eigenvalue weighted by atomic mass is 16.1. The first-order chi connectivity index (χ1) is 7.04. The number of aromatic nitrogens is 2. The second-order valence-electron chi connectivity index (χ2n) is 3.76. The fourth-order valence-corrected chi connectivity index (χ4v) is 1.29. The Morgan fingerprint density at radius 1 is 1.13 bits per heavy atom. The maximum absolute atomic E-state index is 11.5. The van der Waals surface area contributed by atoms with Gasteiger partial charge in [-0.05, 0) is 12.3 Å². The minimum Gasteiger partial charge on any atom is -0.316 e. The zero-order valence-electron chi connectivity index (χ0n) is 9.26. The van der Waals surface area contributed by atoms with Crippen molar-refractivity contribution < 1.29 is 0 Å². The summed E-state index contributed by atoms with van der Waals surface area (Å²) in [6.45, 7) is 5.81. The van der Waals surface area contributed by atoms with E-state index in [0.717, 1.165) is 0 Å². The molecule has 4 nitrogen and oxygen atoms in total. The Labute approximate surface area is 87.4 Å². The molecule has 0 saturated heterocycles. The fraction of sp³-hybridized carbons (Fsp3) is 0.455. The minimum absolute atomic E-state index is 0.225. The van der Waals surface area contributed by atoms with E-state index in [0.29, 0.717) is 17.1 Å². The molecular formula is C11H16N2O2. The summed E-state index contributed by atoms with van der Waals surface area (Å²) in [4.78, 5) is 28.2. The molecular weight excluding hydrogens is 192 g/mol. The monoisotopic (exact) mass is 208 g/mol. The maximum atomic E-state index is 11.5. The molecule has 0 amide bonds. The van der Waals surface area contributed by atoms with Gasteiger partial charge in [0.1, 0.15) is 10.7 Å². The number of H-pyrrole nitrogens is 2. The number of nitrogens with one attached hydrogen (secondary N) is 2. The Balaban J connectivity index is 3.54. The molecule has 0 atom stereocenters. The van der Waals surface area contributed by atoms with Gasteiger partial charge in [-0.2, -0.15) is 0 Å². The first-order valence-corrected chi connectivity index (χ1v) is 5.09. The molecule has 1 rings (SSSR count). The molecule has 1 aromatic heterocycles. The molecule has 0 radical (unpaired) electrons. The van der Waals surface area contributed by atoms with E-state index in [1.54, 1.807) is 12.2 Å². The van der Waals surface area contributed by atoms with Gasteiger partial charge < -0.3 is 9.97 Å².